The summed E-state index contributed by atoms with van der Waals surface area (Å²) in [4.78, 5) is 144. The average Bonchev–Trinajstić information content (AvgIpc) is 1.57. The number of nitrogens with one attached hydrogen (secondary N) is 5. The number of primary amides is 1. The maximum atomic E-state index is 15.2. The zero-order chi connectivity index (χ0) is 69.9. The van der Waals surface area contributed by atoms with E-state index in [4.69, 9.17) is 49.1 Å². The number of ether oxygens (including phenoxy) is 6. The van der Waals surface area contributed by atoms with Gasteiger partial charge in [-0.05, 0) is 59.5 Å². The molecule has 11 N–H and O–H groups in total. The molecule has 32 nitrogen and oxygen atoms in total. The molecule has 1 saturated heterocycles. The second-order valence-electron chi connectivity index (χ2n) is 23.3. The van der Waals surface area contributed by atoms with Gasteiger partial charge in [-0.3, -0.25) is 28.8 Å². The first-order chi connectivity index (χ1) is 46.7. The Morgan fingerprint density at radius 2 is 1.52 bits per heavy atom. The lowest BCUT2D eigenvalue weighted by Gasteiger charge is -2.48. The number of benzene rings is 1. The number of thiazole rings is 5. The van der Waals surface area contributed by atoms with Crippen LogP contribution in [0.3, 0.4) is 0 Å². The Kier molecular flexibility index (Phi) is 19.1. The van der Waals surface area contributed by atoms with Crippen LogP contribution >= 0.6 is 56.7 Å². The molecule has 98 heavy (non-hydrogen) atoms. The first-order valence-corrected chi connectivity index (χ1v) is 34.1. The number of nitrogens with two attached hydrogens (primary N) is 1. The van der Waals surface area contributed by atoms with Crippen molar-refractivity contribution in [2.45, 2.75) is 108 Å². The van der Waals surface area contributed by atoms with Gasteiger partial charge in [0.25, 0.3) is 29.5 Å². The molecule has 4 aliphatic heterocycles. The second-order valence-corrected chi connectivity index (χ2v) is 27.7. The Labute approximate surface area is 574 Å². The number of amides is 6. The van der Waals surface area contributed by atoms with Gasteiger partial charge in [0.2, 0.25) is 5.91 Å². The molecule has 0 radical (unpaired) electrons. The van der Waals surface area contributed by atoms with Crippen LogP contribution in [0.2, 0.25) is 0 Å². The molecular formula is C61H60N14O18S5. The molecule has 4 aliphatic rings. The zero-order valence-corrected chi connectivity index (χ0v) is 56.7. The molecule has 12 bridgehead atoms. The summed E-state index contributed by atoms with van der Waals surface area (Å²) in [6.45, 7) is 7.68. The monoisotopic (exact) mass is 1440 g/mol. The molecular weight excluding hydrogens is 1380 g/mol. The molecule has 12 rings (SSSR count). The van der Waals surface area contributed by atoms with E-state index in [1.165, 1.54) is 60.0 Å². The highest BCUT2D eigenvalue weighted by Crippen LogP contribution is 2.43. The van der Waals surface area contributed by atoms with Crippen LogP contribution in [-0.4, -0.2) is 184 Å². The predicted molar refractivity (Wildman–Crippen MR) is 350 cm³/mol. The van der Waals surface area contributed by atoms with Crippen LogP contribution in [0.5, 0.6) is 5.75 Å². The number of nitrogens with zero attached hydrogens (tertiary/aromatic N) is 8. The molecule has 37 heteroatoms. The minimum absolute atomic E-state index is 0.00915. The van der Waals surface area contributed by atoms with Crippen molar-refractivity contribution >= 4 is 121 Å². The number of pyridine rings is 1. The Morgan fingerprint density at radius 3 is 2.23 bits per heavy atom. The zero-order valence-electron chi connectivity index (χ0n) is 52.6. The average molecular weight is 1440 g/mol. The van der Waals surface area contributed by atoms with Crippen LogP contribution in [0.15, 0.2) is 69.2 Å². The lowest BCUT2D eigenvalue weighted by atomic mass is 9.85. The Balaban J connectivity index is 1.04. The van der Waals surface area contributed by atoms with Crippen molar-refractivity contribution in [3.05, 3.63) is 124 Å². The van der Waals surface area contributed by atoms with E-state index in [2.05, 4.69) is 48.1 Å². The minimum Gasteiger partial charge on any atom is -0.506 e. The van der Waals surface area contributed by atoms with Crippen LogP contribution in [0.25, 0.3) is 49.3 Å². The van der Waals surface area contributed by atoms with Crippen molar-refractivity contribution < 1.29 is 87.3 Å². The van der Waals surface area contributed by atoms with Crippen molar-refractivity contribution in [1.82, 2.24) is 66.1 Å². The predicted octanol–water partition coefficient (Wildman–Crippen LogP) is 3.89. The Hall–Kier alpha value is -9.54. The number of aliphatic hydroxyl groups is 2. The van der Waals surface area contributed by atoms with Crippen LogP contribution in [0, 0.1) is 0 Å². The number of aromatic nitrogens is 7. The summed E-state index contributed by atoms with van der Waals surface area (Å²) in [6, 6.07) is 0.628. The smallest absolute Gasteiger partial charge is 0.358 e. The first-order valence-electron chi connectivity index (χ1n) is 29.7. The van der Waals surface area contributed by atoms with Gasteiger partial charge in [0.1, 0.15) is 120 Å². The molecule has 6 amide bonds. The molecule has 7 aromatic heterocycles. The molecule has 1 aromatic carbocycles. The normalized spacial score (nSPS) is 24.0. The number of rotatable bonds is 9. The van der Waals surface area contributed by atoms with Crippen LogP contribution in [0.1, 0.15) is 125 Å². The molecule has 8 aromatic rings. The fourth-order valence-electron chi connectivity index (χ4n) is 11.7. The van der Waals surface area contributed by atoms with E-state index >= 15 is 14.4 Å². The van der Waals surface area contributed by atoms with Crippen molar-refractivity contribution in [3.63, 3.8) is 0 Å². The van der Waals surface area contributed by atoms with Crippen LogP contribution in [0.4, 0.5) is 0 Å². The number of fused-ring (bicyclic) bond motifs is 15. The maximum absolute atomic E-state index is 15.2. The lowest BCUT2D eigenvalue weighted by Crippen LogP contribution is -2.62. The van der Waals surface area contributed by atoms with Crippen molar-refractivity contribution in [3.8, 4) is 38.4 Å². The number of aliphatic hydroxyl groups excluding tert-OH is 1. The molecule has 0 unspecified atom stereocenters. The van der Waals surface area contributed by atoms with Crippen molar-refractivity contribution in [1.29, 1.82) is 0 Å². The van der Waals surface area contributed by atoms with E-state index in [-0.39, 0.29) is 105 Å². The molecule has 1 fully saturated rings. The van der Waals surface area contributed by atoms with Gasteiger partial charge in [-0.1, -0.05) is 18.7 Å². The molecule has 0 saturated carbocycles. The molecule has 11 heterocycles. The van der Waals surface area contributed by atoms with Crippen molar-refractivity contribution in [2.75, 3.05) is 27.8 Å². The number of esters is 2. The van der Waals surface area contributed by atoms with Gasteiger partial charge in [-0.25, -0.2) is 39.5 Å². The van der Waals surface area contributed by atoms with E-state index in [1.807, 2.05) is 0 Å². The van der Waals surface area contributed by atoms with Gasteiger partial charge >= 0.3 is 11.9 Å². The molecule has 0 aliphatic carbocycles. The largest absolute Gasteiger partial charge is 0.506 e. The SMILES string of the molecule is C=C(NC(=O)c1csc(-c2nc3c(cc2O)-c2nc(cs2)C(=O)N[C@H]([C@@H](C)O)C(=O)N/C(=C(\C)OC)c2nc(cs2)C(=O)N[C@H]2c4nc(cs4)C(=O)N[C@H](COC(=O)c4c5c6c(cccc6n4O)COC(=O)[C@H](O[C@@H]4C[C@@](C)(O)[C@H](N(C)C)[C@H](C)O4)[C@@H]2OC5)c2nc-3cs2)n1)C(N)=O. The molecule has 512 valence electrons. The number of hydrogen-bond acceptors (Lipinski definition) is 30. The number of carbonyl (C=O) groups is 8. The van der Waals surface area contributed by atoms with Gasteiger partial charge in [-0.15, -0.1) is 56.7 Å². The number of allylic oxidation sites excluding steroid dienone is 1. The third-order valence-electron chi connectivity index (χ3n) is 16.3. The summed E-state index contributed by atoms with van der Waals surface area (Å²) in [5.41, 5.74) is 2.00. The highest BCUT2D eigenvalue weighted by molar-refractivity contribution is 7.14. The molecule has 0 spiro atoms. The summed E-state index contributed by atoms with van der Waals surface area (Å²) in [7, 11) is 4.83. The second kappa shape index (κ2) is 27.4. The van der Waals surface area contributed by atoms with Gasteiger partial charge in [0.15, 0.2) is 18.1 Å². The summed E-state index contributed by atoms with van der Waals surface area (Å²) in [5, 5.41) is 67.4. The number of aromatic hydroxyl groups is 1. The number of carbonyl (C=O) groups excluding carboxylic acids is 8. The van der Waals surface area contributed by atoms with E-state index in [0.29, 0.717) is 10.3 Å². The highest BCUT2D eigenvalue weighted by Gasteiger charge is 2.50. The fourth-order valence-corrected chi connectivity index (χ4v) is 15.9. The number of methoxy groups -OCH3 is 1. The van der Waals surface area contributed by atoms with Gasteiger partial charge in [-0.2, -0.15) is 4.73 Å². The van der Waals surface area contributed by atoms with Crippen LogP contribution < -0.4 is 32.3 Å². The fraction of sp³-hybridized carbons (Fsp3) is 0.344. The lowest BCUT2D eigenvalue weighted by molar-refractivity contribution is -0.280. The minimum atomic E-state index is -1.92. The van der Waals surface area contributed by atoms with Crippen molar-refractivity contribution in [2.24, 2.45) is 5.73 Å². The number of hydrogen-bond donors (Lipinski definition) is 10. The van der Waals surface area contributed by atoms with Crippen LogP contribution in [-0.2, 0) is 56.0 Å². The topological polar surface area (TPSA) is 445 Å². The summed E-state index contributed by atoms with van der Waals surface area (Å²) >= 11 is 4.46. The third-order valence-corrected chi connectivity index (χ3v) is 20.8. The Morgan fingerprint density at radius 1 is 0.857 bits per heavy atom. The number of cyclic esters (lactones) is 2. The standard InChI is InChI=1S/C61H60N14O18S5/c1-22(48(62)78)63-49(79)31-19-97-57(68-31)42-36(77)12-27-41(70-42)30-17-95-55(65-30)29-16-91-59(84)44-28-15-89-45(46(93-37-13-61(5,86)47(74(6)7)25(4)92-37)60(85)90-14-26-10-9-11-35(38(26)28)75(44)87)43(58-69-32(20-98-58)50(80)64-29)73-52(82)34-21-96-56(67-34)40(24(3)88-8)72-53(83)39(23(2)76)71-51(81)33-18-94-54(27)66-33/h9-12,17-21,23,25,29,37,39,43,45-47,76-77,86-87H,1,13-16H2,2-8H3,(H2,62,78)(H,63,79)(H,64,80)(H,71,81)(H,72,83)(H,73,82)/b40-24+/t23-,25+,29-,37-,39-,43-,45-,46-,47-,61-/m1/s1. The third kappa shape index (κ3) is 13.4. The Bertz CT molecular complexity index is 4610. The summed E-state index contributed by atoms with van der Waals surface area (Å²) in [5.74, 6) is -8.28. The maximum Gasteiger partial charge on any atom is 0.358 e. The van der Waals surface area contributed by atoms with E-state index in [0.717, 1.165) is 56.7 Å². The number of likely N-dealkylation sites (N-methyl/N-ethyl adjacent to an activating group) is 1. The molecule has 10 atom stereocenters. The quantitative estimate of drug-likeness (QED) is 0.0424. The first kappa shape index (κ1) is 68.4. The van der Waals surface area contributed by atoms with Gasteiger partial charge < -0.3 is 86.2 Å². The van der Waals surface area contributed by atoms with Gasteiger partial charge in [0.05, 0.1) is 48.8 Å². The summed E-state index contributed by atoms with van der Waals surface area (Å²) < 4.78 is 38.2. The summed E-state index contributed by atoms with van der Waals surface area (Å²) in [6.07, 6.45) is -7.56. The highest BCUT2D eigenvalue weighted by atomic mass is 32.1. The van der Waals surface area contributed by atoms with E-state index in [9.17, 15) is 44.5 Å². The van der Waals surface area contributed by atoms with Gasteiger partial charge in [0, 0.05) is 49.8 Å². The van der Waals surface area contributed by atoms with E-state index < -0.39 is 145 Å². The van der Waals surface area contributed by atoms with E-state index in [1.54, 1.807) is 45.0 Å².